The molecule has 0 N–H and O–H groups in total. The summed E-state index contributed by atoms with van der Waals surface area (Å²) in [5.41, 5.74) is 0.369. The quantitative estimate of drug-likeness (QED) is 0.663. The van der Waals surface area contributed by atoms with Crippen molar-refractivity contribution < 1.29 is 28.6 Å². The molecule has 1 spiro atoms. The minimum Gasteiger partial charge on any atom is -0.497 e. The predicted molar refractivity (Wildman–Crippen MR) is 113 cm³/mol. The second kappa shape index (κ2) is 8.41. The summed E-state index contributed by atoms with van der Waals surface area (Å²) in [6.45, 7) is 0.855. The van der Waals surface area contributed by atoms with Gasteiger partial charge in [0.05, 0.1) is 32.7 Å². The summed E-state index contributed by atoms with van der Waals surface area (Å²) in [7, 11) is 3.12. The number of rotatable bonds is 6. The Morgan fingerprint density at radius 2 is 1.74 bits per heavy atom. The fourth-order valence-corrected chi connectivity index (χ4v) is 4.19. The largest absolute Gasteiger partial charge is 0.497 e. The number of likely N-dealkylation sites (tertiary alicyclic amines) is 1. The topological polar surface area (TPSA) is 82.1 Å². The third-order valence-electron chi connectivity index (χ3n) is 5.94. The lowest BCUT2D eigenvalue weighted by atomic mass is 9.89. The summed E-state index contributed by atoms with van der Waals surface area (Å²) in [6, 6.07) is 12.0. The molecule has 4 rings (SSSR count). The van der Waals surface area contributed by atoms with Crippen molar-refractivity contribution >= 4 is 17.5 Å². The van der Waals surface area contributed by atoms with Crippen molar-refractivity contribution in [2.24, 2.45) is 0 Å². The first-order valence-electron chi connectivity index (χ1n) is 10.3. The molecule has 7 nitrogen and oxygen atoms in total. The maximum absolute atomic E-state index is 12.7. The number of methoxy groups -OCH3 is 2. The third-order valence-corrected chi connectivity index (χ3v) is 5.94. The Morgan fingerprint density at radius 1 is 1.03 bits per heavy atom. The Morgan fingerprint density at radius 3 is 2.45 bits per heavy atom. The van der Waals surface area contributed by atoms with E-state index in [9.17, 15) is 14.4 Å². The summed E-state index contributed by atoms with van der Waals surface area (Å²) < 4.78 is 16.5. The number of ether oxygens (including phenoxy) is 3. The zero-order chi connectivity index (χ0) is 22.0. The normalized spacial score (nSPS) is 19.7. The van der Waals surface area contributed by atoms with Crippen molar-refractivity contribution in [3.8, 4) is 17.2 Å². The Kier molecular flexibility index (Phi) is 5.67. The first kappa shape index (κ1) is 20.9. The van der Waals surface area contributed by atoms with Crippen LogP contribution in [0.4, 0.5) is 0 Å². The van der Waals surface area contributed by atoms with Crippen LogP contribution < -0.4 is 14.2 Å². The molecule has 2 aliphatic heterocycles. The van der Waals surface area contributed by atoms with Gasteiger partial charge in [-0.15, -0.1) is 0 Å². The van der Waals surface area contributed by atoms with Crippen LogP contribution in [0, 0.1) is 0 Å². The van der Waals surface area contributed by atoms with Gasteiger partial charge in [0.1, 0.15) is 22.8 Å². The van der Waals surface area contributed by atoms with E-state index in [1.165, 1.54) is 0 Å². The maximum Gasteiger partial charge on any atom is 0.223 e. The molecule has 2 aliphatic rings. The first-order chi connectivity index (χ1) is 14.9. The average Bonchev–Trinajstić information content (AvgIpc) is 3.20. The number of ketones is 2. The Hall–Kier alpha value is -3.35. The molecule has 2 aromatic carbocycles. The Balaban J connectivity index is 1.36. The van der Waals surface area contributed by atoms with Gasteiger partial charge in [0.25, 0.3) is 0 Å². The number of hydrogen-bond acceptors (Lipinski definition) is 6. The fourth-order valence-electron chi connectivity index (χ4n) is 4.19. The highest BCUT2D eigenvalue weighted by Gasteiger charge is 2.47. The van der Waals surface area contributed by atoms with Gasteiger partial charge in [-0.2, -0.15) is 0 Å². The van der Waals surface area contributed by atoms with Gasteiger partial charge in [-0.3, -0.25) is 14.4 Å². The molecule has 0 radical (unpaired) electrons. The summed E-state index contributed by atoms with van der Waals surface area (Å²) >= 11 is 0. The van der Waals surface area contributed by atoms with E-state index in [1.807, 2.05) is 0 Å². The smallest absolute Gasteiger partial charge is 0.223 e. The van der Waals surface area contributed by atoms with E-state index in [0.717, 1.165) is 0 Å². The number of amides is 1. The van der Waals surface area contributed by atoms with Crippen molar-refractivity contribution in [2.45, 2.75) is 31.3 Å². The van der Waals surface area contributed by atoms with Crippen LogP contribution in [0.1, 0.15) is 46.4 Å². The Labute approximate surface area is 180 Å². The molecule has 2 heterocycles. The standard InChI is InChI=1S/C24H25NO6/c1-29-17-5-3-16(4-6-17)20(26)8-10-23(28)25-12-11-24(15-25)14-21(27)19-13-18(30-2)7-9-22(19)31-24/h3-7,9,13H,8,10-12,14-15H2,1-2H3. The number of Topliss-reactive ketones (excluding diaryl/α,β-unsaturated/α-hetero) is 2. The molecule has 1 fully saturated rings. The van der Waals surface area contributed by atoms with E-state index in [-0.39, 0.29) is 36.7 Å². The lowest BCUT2D eigenvalue weighted by Gasteiger charge is -2.34. The summed E-state index contributed by atoms with van der Waals surface area (Å²) in [5.74, 6) is 1.62. The second-order valence-corrected chi connectivity index (χ2v) is 7.96. The number of fused-ring (bicyclic) bond motifs is 1. The molecule has 31 heavy (non-hydrogen) atoms. The molecule has 7 heteroatoms. The van der Waals surface area contributed by atoms with E-state index in [4.69, 9.17) is 14.2 Å². The van der Waals surface area contributed by atoms with Gasteiger partial charge in [-0.25, -0.2) is 0 Å². The van der Waals surface area contributed by atoms with Gasteiger partial charge in [-0.05, 0) is 42.5 Å². The van der Waals surface area contributed by atoms with Crippen LogP contribution in [0.5, 0.6) is 17.2 Å². The zero-order valence-corrected chi connectivity index (χ0v) is 17.7. The van der Waals surface area contributed by atoms with Gasteiger partial charge in [0.2, 0.25) is 5.91 Å². The fraction of sp³-hybridized carbons (Fsp3) is 0.375. The molecule has 2 aromatic rings. The van der Waals surface area contributed by atoms with Gasteiger partial charge in [0, 0.05) is 31.4 Å². The molecule has 1 atom stereocenters. The van der Waals surface area contributed by atoms with Crippen LogP contribution in [-0.2, 0) is 4.79 Å². The lowest BCUT2D eigenvalue weighted by molar-refractivity contribution is -0.130. The van der Waals surface area contributed by atoms with E-state index >= 15 is 0 Å². The van der Waals surface area contributed by atoms with E-state index in [2.05, 4.69) is 0 Å². The number of benzene rings is 2. The number of hydrogen-bond donors (Lipinski definition) is 0. The molecule has 0 saturated carbocycles. The molecule has 1 unspecified atom stereocenters. The van der Waals surface area contributed by atoms with E-state index in [0.29, 0.717) is 47.9 Å². The van der Waals surface area contributed by atoms with Crippen LogP contribution in [0.15, 0.2) is 42.5 Å². The van der Waals surface area contributed by atoms with Crippen LogP contribution in [0.2, 0.25) is 0 Å². The molecular weight excluding hydrogens is 398 g/mol. The third kappa shape index (κ3) is 4.26. The van der Waals surface area contributed by atoms with E-state index < -0.39 is 5.60 Å². The highest BCUT2D eigenvalue weighted by Crippen LogP contribution is 2.40. The van der Waals surface area contributed by atoms with Crippen molar-refractivity contribution in [3.63, 3.8) is 0 Å². The summed E-state index contributed by atoms with van der Waals surface area (Å²) in [4.78, 5) is 39.5. The predicted octanol–water partition coefficient (Wildman–Crippen LogP) is 3.30. The molecular formula is C24H25NO6. The van der Waals surface area contributed by atoms with Crippen LogP contribution >= 0.6 is 0 Å². The van der Waals surface area contributed by atoms with Crippen molar-refractivity contribution in [1.29, 1.82) is 0 Å². The summed E-state index contributed by atoms with van der Waals surface area (Å²) in [5, 5.41) is 0. The molecule has 0 aliphatic carbocycles. The maximum atomic E-state index is 12.7. The summed E-state index contributed by atoms with van der Waals surface area (Å²) in [6.07, 6.45) is 1.07. The monoisotopic (exact) mass is 423 g/mol. The zero-order valence-electron chi connectivity index (χ0n) is 17.7. The molecule has 1 saturated heterocycles. The highest BCUT2D eigenvalue weighted by molar-refractivity contribution is 6.01. The minimum atomic E-state index is -0.700. The van der Waals surface area contributed by atoms with Gasteiger partial charge in [0.15, 0.2) is 11.6 Å². The van der Waals surface area contributed by atoms with E-state index in [1.54, 1.807) is 61.6 Å². The van der Waals surface area contributed by atoms with Crippen molar-refractivity contribution in [3.05, 3.63) is 53.6 Å². The minimum absolute atomic E-state index is 0.0101. The Bertz CT molecular complexity index is 1020. The van der Waals surface area contributed by atoms with Crippen molar-refractivity contribution in [1.82, 2.24) is 4.90 Å². The average molecular weight is 423 g/mol. The number of nitrogens with zero attached hydrogens (tertiary/aromatic N) is 1. The van der Waals surface area contributed by atoms with Crippen molar-refractivity contribution in [2.75, 3.05) is 27.3 Å². The SMILES string of the molecule is COc1ccc(C(=O)CCC(=O)N2CCC3(CC(=O)c4cc(OC)ccc4O3)C2)cc1. The lowest BCUT2D eigenvalue weighted by Crippen LogP contribution is -2.45. The molecule has 0 bridgehead atoms. The van der Waals surface area contributed by atoms with Crippen LogP contribution in [0.25, 0.3) is 0 Å². The number of carbonyl (C=O) groups is 3. The molecule has 162 valence electrons. The van der Waals surface area contributed by atoms with Gasteiger partial charge < -0.3 is 19.1 Å². The van der Waals surface area contributed by atoms with Gasteiger partial charge in [-0.1, -0.05) is 0 Å². The van der Waals surface area contributed by atoms with Gasteiger partial charge >= 0.3 is 0 Å². The molecule has 0 aromatic heterocycles. The first-order valence-corrected chi connectivity index (χ1v) is 10.3. The van der Waals surface area contributed by atoms with Crippen LogP contribution in [0.3, 0.4) is 0 Å². The second-order valence-electron chi connectivity index (χ2n) is 7.96. The molecule has 1 amide bonds. The number of carbonyl (C=O) groups excluding carboxylic acids is 3. The highest BCUT2D eigenvalue weighted by atomic mass is 16.5. The van der Waals surface area contributed by atoms with Crippen LogP contribution in [-0.4, -0.2) is 55.3 Å².